The SMILES string of the molecule is C.O=C(O)c1nc2ccc(F)cc2[nH]1. The van der Waals surface area contributed by atoms with E-state index in [9.17, 15) is 9.18 Å². The lowest BCUT2D eigenvalue weighted by Crippen LogP contribution is -1.97. The van der Waals surface area contributed by atoms with Crippen molar-refractivity contribution in [3.8, 4) is 0 Å². The maximum atomic E-state index is 12.7. The topological polar surface area (TPSA) is 66.0 Å². The number of carboxylic acids is 1. The second-order valence-electron chi connectivity index (χ2n) is 2.55. The van der Waals surface area contributed by atoms with E-state index in [-0.39, 0.29) is 13.3 Å². The maximum absolute atomic E-state index is 12.7. The molecule has 0 saturated carbocycles. The number of benzene rings is 1. The van der Waals surface area contributed by atoms with Crippen LogP contribution >= 0.6 is 0 Å². The molecular formula is C9H9FN2O2. The van der Waals surface area contributed by atoms with E-state index in [4.69, 9.17) is 5.11 Å². The van der Waals surface area contributed by atoms with Gasteiger partial charge in [-0.15, -0.1) is 0 Å². The summed E-state index contributed by atoms with van der Waals surface area (Å²) in [6.45, 7) is 0. The lowest BCUT2D eigenvalue weighted by Gasteiger charge is -1.86. The average molecular weight is 196 g/mol. The van der Waals surface area contributed by atoms with Gasteiger partial charge in [-0.05, 0) is 18.2 Å². The predicted molar refractivity (Wildman–Crippen MR) is 49.7 cm³/mol. The summed E-state index contributed by atoms with van der Waals surface area (Å²) in [4.78, 5) is 16.7. The van der Waals surface area contributed by atoms with E-state index in [0.29, 0.717) is 11.0 Å². The molecule has 14 heavy (non-hydrogen) atoms. The number of hydrogen-bond acceptors (Lipinski definition) is 2. The smallest absolute Gasteiger partial charge is 0.371 e. The van der Waals surface area contributed by atoms with E-state index >= 15 is 0 Å². The summed E-state index contributed by atoms with van der Waals surface area (Å²) in [5, 5.41) is 8.57. The van der Waals surface area contributed by atoms with Gasteiger partial charge < -0.3 is 10.1 Å². The van der Waals surface area contributed by atoms with Crippen LogP contribution in [0.2, 0.25) is 0 Å². The molecular weight excluding hydrogens is 187 g/mol. The Bertz CT molecular complexity index is 479. The Balaban J connectivity index is 0.000000980. The van der Waals surface area contributed by atoms with Crippen molar-refractivity contribution < 1.29 is 14.3 Å². The number of H-pyrrole nitrogens is 1. The zero-order valence-electron chi connectivity index (χ0n) is 6.41. The monoisotopic (exact) mass is 196 g/mol. The molecule has 5 heteroatoms. The first kappa shape index (κ1) is 10.2. The summed E-state index contributed by atoms with van der Waals surface area (Å²) in [5.41, 5.74) is 0.830. The number of halogens is 1. The Hall–Kier alpha value is -1.91. The summed E-state index contributed by atoms with van der Waals surface area (Å²) in [6.07, 6.45) is 0. The number of rotatable bonds is 1. The summed E-state index contributed by atoms with van der Waals surface area (Å²) in [6, 6.07) is 3.86. The van der Waals surface area contributed by atoms with Gasteiger partial charge in [-0.3, -0.25) is 0 Å². The molecule has 0 fully saturated rings. The molecule has 74 valence electrons. The maximum Gasteiger partial charge on any atom is 0.371 e. The van der Waals surface area contributed by atoms with Crippen molar-refractivity contribution in [2.75, 3.05) is 0 Å². The highest BCUT2D eigenvalue weighted by Gasteiger charge is 2.08. The number of imidazole rings is 1. The summed E-state index contributed by atoms with van der Waals surface area (Å²) >= 11 is 0. The van der Waals surface area contributed by atoms with Crippen molar-refractivity contribution in [3.05, 3.63) is 29.8 Å². The van der Waals surface area contributed by atoms with Crippen molar-refractivity contribution in [1.29, 1.82) is 0 Å². The van der Waals surface area contributed by atoms with Gasteiger partial charge in [0.1, 0.15) is 5.82 Å². The summed E-state index contributed by atoms with van der Waals surface area (Å²) < 4.78 is 12.7. The molecule has 1 heterocycles. The third-order valence-electron chi connectivity index (χ3n) is 1.65. The molecule has 0 bridgehead atoms. The van der Waals surface area contributed by atoms with E-state index in [1.807, 2.05) is 0 Å². The molecule has 0 atom stereocenters. The first-order valence-corrected chi connectivity index (χ1v) is 3.55. The summed E-state index contributed by atoms with van der Waals surface area (Å²) in [5.74, 6) is -1.76. The van der Waals surface area contributed by atoms with Crippen molar-refractivity contribution in [2.24, 2.45) is 0 Å². The van der Waals surface area contributed by atoms with Gasteiger partial charge in [0, 0.05) is 0 Å². The standard InChI is InChI=1S/C8H5FN2O2.CH4/c9-4-1-2-5-6(3-4)11-7(10-5)8(12)13;/h1-3H,(H,10,11)(H,12,13);1H4. The van der Waals surface area contributed by atoms with Crippen LogP contribution in [0.3, 0.4) is 0 Å². The number of carboxylic acid groups (broad SMARTS) is 1. The Morgan fingerprint density at radius 1 is 1.50 bits per heavy atom. The predicted octanol–water partition coefficient (Wildman–Crippen LogP) is 2.04. The average Bonchev–Trinajstić information content (AvgIpc) is 2.46. The Morgan fingerprint density at radius 3 is 2.86 bits per heavy atom. The number of nitrogens with one attached hydrogen (secondary N) is 1. The van der Waals surface area contributed by atoms with Crippen LogP contribution in [-0.2, 0) is 0 Å². The number of aromatic nitrogens is 2. The van der Waals surface area contributed by atoms with Gasteiger partial charge in [-0.2, -0.15) is 0 Å². The minimum absolute atomic E-state index is 0. The van der Waals surface area contributed by atoms with Crippen molar-refractivity contribution in [3.63, 3.8) is 0 Å². The minimum Gasteiger partial charge on any atom is -0.475 e. The highest BCUT2D eigenvalue weighted by atomic mass is 19.1. The fraction of sp³-hybridized carbons (Fsp3) is 0.111. The molecule has 1 aromatic carbocycles. The van der Waals surface area contributed by atoms with E-state index in [1.54, 1.807) is 0 Å². The molecule has 1 aromatic heterocycles. The van der Waals surface area contributed by atoms with Gasteiger partial charge in [0.05, 0.1) is 11.0 Å². The number of nitrogens with zero attached hydrogens (tertiary/aromatic N) is 1. The molecule has 0 unspecified atom stereocenters. The van der Waals surface area contributed by atoms with Gasteiger partial charge in [0.2, 0.25) is 5.82 Å². The minimum atomic E-state index is -1.16. The number of aromatic carboxylic acids is 1. The van der Waals surface area contributed by atoms with E-state index < -0.39 is 11.8 Å². The van der Waals surface area contributed by atoms with Crippen LogP contribution in [0.15, 0.2) is 18.2 Å². The third-order valence-corrected chi connectivity index (χ3v) is 1.65. The molecule has 0 saturated heterocycles. The highest BCUT2D eigenvalue weighted by Crippen LogP contribution is 2.12. The number of hydrogen-bond donors (Lipinski definition) is 2. The normalized spacial score (nSPS) is 9.79. The molecule has 4 nitrogen and oxygen atoms in total. The molecule has 0 spiro atoms. The van der Waals surface area contributed by atoms with Crippen molar-refractivity contribution >= 4 is 17.0 Å². The first-order valence-electron chi connectivity index (χ1n) is 3.55. The van der Waals surface area contributed by atoms with E-state index in [0.717, 1.165) is 0 Å². The molecule has 0 aliphatic rings. The quantitative estimate of drug-likeness (QED) is 0.733. The molecule has 0 aliphatic heterocycles. The van der Waals surface area contributed by atoms with Crippen LogP contribution in [0.4, 0.5) is 4.39 Å². The van der Waals surface area contributed by atoms with Crippen LogP contribution in [0.25, 0.3) is 11.0 Å². The van der Waals surface area contributed by atoms with Crippen molar-refractivity contribution in [2.45, 2.75) is 7.43 Å². The largest absolute Gasteiger partial charge is 0.475 e. The first-order chi connectivity index (χ1) is 6.16. The Labute approximate surface area is 79.4 Å². The second kappa shape index (κ2) is 3.45. The molecule has 2 N–H and O–H groups in total. The number of aromatic amines is 1. The molecule has 2 aromatic rings. The van der Waals surface area contributed by atoms with E-state index in [2.05, 4.69) is 9.97 Å². The Kier molecular flexibility index (Phi) is 2.51. The fourth-order valence-corrected chi connectivity index (χ4v) is 1.08. The zero-order valence-corrected chi connectivity index (χ0v) is 6.41. The van der Waals surface area contributed by atoms with Gasteiger partial charge in [0.15, 0.2) is 0 Å². The van der Waals surface area contributed by atoms with Gasteiger partial charge >= 0.3 is 5.97 Å². The lowest BCUT2D eigenvalue weighted by atomic mass is 10.3. The van der Waals surface area contributed by atoms with Crippen molar-refractivity contribution in [1.82, 2.24) is 9.97 Å². The van der Waals surface area contributed by atoms with Crippen LogP contribution in [0, 0.1) is 5.82 Å². The van der Waals surface area contributed by atoms with Gasteiger partial charge in [-0.25, -0.2) is 14.2 Å². The number of carbonyl (C=O) groups is 1. The molecule has 0 amide bonds. The lowest BCUT2D eigenvalue weighted by molar-refractivity contribution is 0.0685. The fourth-order valence-electron chi connectivity index (χ4n) is 1.08. The molecule has 0 radical (unpaired) electrons. The third kappa shape index (κ3) is 1.56. The Morgan fingerprint density at radius 2 is 2.21 bits per heavy atom. The van der Waals surface area contributed by atoms with E-state index in [1.165, 1.54) is 18.2 Å². The zero-order chi connectivity index (χ0) is 9.42. The molecule has 0 aliphatic carbocycles. The number of fused-ring (bicyclic) bond motifs is 1. The van der Waals surface area contributed by atoms with Gasteiger partial charge in [0.25, 0.3) is 0 Å². The van der Waals surface area contributed by atoms with Crippen LogP contribution in [-0.4, -0.2) is 21.0 Å². The van der Waals surface area contributed by atoms with Crippen LogP contribution < -0.4 is 0 Å². The van der Waals surface area contributed by atoms with Crippen LogP contribution in [0.5, 0.6) is 0 Å². The van der Waals surface area contributed by atoms with Crippen LogP contribution in [0.1, 0.15) is 18.0 Å². The summed E-state index contributed by atoms with van der Waals surface area (Å²) in [7, 11) is 0. The van der Waals surface area contributed by atoms with Gasteiger partial charge in [-0.1, -0.05) is 7.43 Å². The highest BCUT2D eigenvalue weighted by molar-refractivity contribution is 5.88. The second-order valence-corrected chi connectivity index (χ2v) is 2.55. The molecule has 2 rings (SSSR count).